The van der Waals surface area contributed by atoms with E-state index in [4.69, 9.17) is 10.2 Å². The molecule has 0 unspecified atom stereocenters. The molecule has 0 aliphatic rings. The molecule has 4 nitrogen and oxygen atoms in total. The van der Waals surface area contributed by atoms with Crippen LogP contribution in [-0.4, -0.2) is 22.5 Å². The van der Waals surface area contributed by atoms with E-state index in [2.05, 4.69) is 10.2 Å². The Kier molecular flexibility index (Phi) is 3.38. The second-order valence-corrected chi connectivity index (χ2v) is 3.12. The Morgan fingerprint density at radius 3 is 2.91 bits per heavy atom. The molecule has 62 valence electrons. The summed E-state index contributed by atoms with van der Waals surface area (Å²) in [7, 11) is 0. The highest BCUT2D eigenvalue weighted by Crippen LogP contribution is 2.15. The normalized spacial score (nSPS) is 10.4. The van der Waals surface area contributed by atoms with Gasteiger partial charge in [0.2, 0.25) is 5.89 Å². The summed E-state index contributed by atoms with van der Waals surface area (Å²) < 4.78 is 5.13. The zero-order chi connectivity index (χ0) is 8.10. The monoisotopic (exact) mass is 173 g/mol. The van der Waals surface area contributed by atoms with E-state index in [-0.39, 0.29) is 0 Å². The number of thioether (sulfide) groups is 1. The first-order valence-corrected chi connectivity index (χ1v) is 4.44. The zero-order valence-electron chi connectivity index (χ0n) is 6.41. The van der Waals surface area contributed by atoms with Crippen molar-refractivity contribution in [3.63, 3.8) is 0 Å². The number of aromatic nitrogens is 2. The number of hydrogen-bond donors (Lipinski definition) is 1. The number of aryl methyl sites for hydroxylation is 1. The molecule has 0 atom stereocenters. The number of nitrogens with zero attached hydrogens (tertiary/aromatic N) is 2. The average molecular weight is 173 g/mol. The highest BCUT2D eigenvalue weighted by Gasteiger charge is 2.00. The summed E-state index contributed by atoms with van der Waals surface area (Å²) in [6, 6.07) is 0. The fourth-order valence-corrected chi connectivity index (χ4v) is 1.34. The molecule has 0 fully saturated rings. The first-order chi connectivity index (χ1) is 5.33. The Bertz CT molecular complexity index is 213. The lowest BCUT2D eigenvalue weighted by Gasteiger charge is -1.91. The van der Waals surface area contributed by atoms with E-state index in [9.17, 15) is 0 Å². The van der Waals surface area contributed by atoms with Crippen LogP contribution in [0.3, 0.4) is 0 Å². The molecule has 2 N–H and O–H groups in total. The minimum Gasteiger partial charge on any atom is -0.416 e. The molecule has 1 heterocycles. The minimum atomic E-state index is 0.611. The molecule has 0 bridgehead atoms. The predicted octanol–water partition coefficient (Wildman–Crippen LogP) is 0.819. The van der Waals surface area contributed by atoms with Gasteiger partial charge in [0.25, 0.3) is 5.22 Å². The number of nitrogens with two attached hydrogens (primary N) is 1. The van der Waals surface area contributed by atoms with Crippen molar-refractivity contribution in [2.45, 2.75) is 18.6 Å². The molecule has 0 radical (unpaired) electrons. The molecule has 11 heavy (non-hydrogen) atoms. The molecule has 0 aliphatic heterocycles. The Morgan fingerprint density at radius 2 is 2.36 bits per heavy atom. The van der Waals surface area contributed by atoms with Gasteiger partial charge in [-0.1, -0.05) is 11.8 Å². The topological polar surface area (TPSA) is 64.9 Å². The molecule has 0 spiro atoms. The number of rotatable bonds is 4. The molecule has 0 saturated carbocycles. The second-order valence-electron chi connectivity index (χ2n) is 2.08. The van der Waals surface area contributed by atoms with Gasteiger partial charge < -0.3 is 10.2 Å². The van der Waals surface area contributed by atoms with Crippen LogP contribution in [0.15, 0.2) is 9.64 Å². The summed E-state index contributed by atoms with van der Waals surface area (Å²) in [5, 5.41) is 8.15. The van der Waals surface area contributed by atoms with Gasteiger partial charge in [0.05, 0.1) is 0 Å². The van der Waals surface area contributed by atoms with Gasteiger partial charge in [-0.3, -0.25) is 0 Å². The lowest BCUT2D eigenvalue weighted by Crippen LogP contribution is -1.99. The lowest BCUT2D eigenvalue weighted by atomic mass is 10.5. The average Bonchev–Trinajstić information content (AvgIpc) is 2.37. The highest BCUT2D eigenvalue weighted by molar-refractivity contribution is 7.99. The maximum absolute atomic E-state index is 5.32. The van der Waals surface area contributed by atoms with Gasteiger partial charge in [0.1, 0.15) is 0 Å². The molecular weight excluding hydrogens is 162 g/mol. The third kappa shape index (κ3) is 2.90. The van der Waals surface area contributed by atoms with Crippen molar-refractivity contribution in [2.75, 3.05) is 12.3 Å². The SMILES string of the molecule is Cc1nnc(SCCCN)o1. The fraction of sp³-hybridized carbons (Fsp3) is 0.667. The van der Waals surface area contributed by atoms with Crippen molar-refractivity contribution in [1.29, 1.82) is 0 Å². The van der Waals surface area contributed by atoms with E-state index in [1.165, 1.54) is 0 Å². The van der Waals surface area contributed by atoms with Crippen LogP contribution in [0.4, 0.5) is 0 Å². The van der Waals surface area contributed by atoms with Crippen molar-refractivity contribution in [2.24, 2.45) is 5.73 Å². The molecule has 1 aromatic rings. The van der Waals surface area contributed by atoms with Crippen molar-refractivity contribution < 1.29 is 4.42 Å². The van der Waals surface area contributed by atoms with E-state index in [0.29, 0.717) is 17.7 Å². The van der Waals surface area contributed by atoms with Gasteiger partial charge in [-0.2, -0.15) is 0 Å². The smallest absolute Gasteiger partial charge is 0.276 e. The minimum absolute atomic E-state index is 0.611. The van der Waals surface area contributed by atoms with Crippen LogP contribution < -0.4 is 5.73 Å². The summed E-state index contributed by atoms with van der Waals surface area (Å²) in [4.78, 5) is 0. The first kappa shape index (κ1) is 8.55. The Labute approximate surface area is 69.6 Å². The molecule has 0 aliphatic carbocycles. The maximum Gasteiger partial charge on any atom is 0.276 e. The van der Waals surface area contributed by atoms with Crippen molar-refractivity contribution in [3.05, 3.63) is 5.89 Å². The number of hydrogen-bond acceptors (Lipinski definition) is 5. The third-order valence-corrected chi connectivity index (χ3v) is 1.99. The molecule has 5 heteroatoms. The Hall–Kier alpha value is -0.550. The second kappa shape index (κ2) is 4.35. The summed E-state index contributed by atoms with van der Waals surface area (Å²) in [6.07, 6.45) is 0.978. The Balaban J connectivity index is 2.27. The quantitative estimate of drug-likeness (QED) is 0.539. The van der Waals surface area contributed by atoms with Crippen LogP contribution in [0.2, 0.25) is 0 Å². The molecule has 1 aromatic heterocycles. The predicted molar refractivity (Wildman–Crippen MR) is 43.4 cm³/mol. The van der Waals surface area contributed by atoms with E-state index >= 15 is 0 Å². The summed E-state index contributed by atoms with van der Waals surface area (Å²) >= 11 is 1.55. The van der Waals surface area contributed by atoms with E-state index in [1.807, 2.05) is 0 Å². The van der Waals surface area contributed by atoms with E-state index in [0.717, 1.165) is 12.2 Å². The summed E-state index contributed by atoms with van der Waals surface area (Å²) in [5.41, 5.74) is 5.32. The summed E-state index contributed by atoms with van der Waals surface area (Å²) in [6.45, 7) is 2.49. The largest absolute Gasteiger partial charge is 0.416 e. The summed E-state index contributed by atoms with van der Waals surface area (Å²) in [5.74, 6) is 1.55. The van der Waals surface area contributed by atoms with E-state index in [1.54, 1.807) is 18.7 Å². The Morgan fingerprint density at radius 1 is 1.55 bits per heavy atom. The van der Waals surface area contributed by atoms with Gasteiger partial charge in [-0.15, -0.1) is 10.2 Å². The van der Waals surface area contributed by atoms with Crippen molar-refractivity contribution >= 4 is 11.8 Å². The maximum atomic E-state index is 5.32. The van der Waals surface area contributed by atoms with Crippen LogP contribution in [0, 0.1) is 6.92 Å². The molecule has 0 amide bonds. The molecule has 0 aromatic carbocycles. The fourth-order valence-electron chi connectivity index (χ4n) is 0.580. The zero-order valence-corrected chi connectivity index (χ0v) is 7.23. The van der Waals surface area contributed by atoms with Gasteiger partial charge in [-0.25, -0.2) is 0 Å². The van der Waals surface area contributed by atoms with Crippen LogP contribution >= 0.6 is 11.8 Å². The first-order valence-electron chi connectivity index (χ1n) is 3.46. The van der Waals surface area contributed by atoms with Gasteiger partial charge in [0.15, 0.2) is 0 Å². The third-order valence-electron chi connectivity index (χ3n) is 1.08. The van der Waals surface area contributed by atoms with Crippen LogP contribution in [0.1, 0.15) is 12.3 Å². The van der Waals surface area contributed by atoms with Crippen LogP contribution in [0.5, 0.6) is 0 Å². The molecule has 1 rings (SSSR count). The molecule has 0 saturated heterocycles. The standard InChI is InChI=1S/C6H11N3OS/c1-5-8-9-6(10-5)11-4-2-3-7/h2-4,7H2,1H3. The molecular formula is C6H11N3OS. The lowest BCUT2D eigenvalue weighted by molar-refractivity contribution is 0.429. The highest BCUT2D eigenvalue weighted by atomic mass is 32.2. The van der Waals surface area contributed by atoms with Gasteiger partial charge in [-0.05, 0) is 13.0 Å². The van der Waals surface area contributed by atoms with E-state index < -0.39 is 0 Å². The van der Waals surface area contributed by atoms with Gasteiger partial charge in [0, 0.05) is 12.7 Å². The van der Waals surface area contributed by atoms with Crippen molar-refractivity contribution in [3.8, 4) is 0 Å². The van der Waals surface area contributed by atoms with Gasteiger partial charge >= 0.3 is 0 Å². The van der Waals surface area contributed by atoms with Crippen LogP contribution in [-0.2, 0) is 0 Å². The van der Waals surface area contributed by atoms with Crippen LogP contribution in [0.25, 0.3) is 0 Å². The van der Waals surface area contributed by atoms with Crippen molar-refractivity contribution in [1.82, 2.24) is 10.2 Å².